The Morgan fingerprint density at radius 3 is 1.18 bits per heavy atom. The van der Waals surface area contributed by atoms with E-state index in [-0.39, 0.29) is 18.5 Å². The zero-order chi connectivity index (χ0) is 48.6. The second kappa shape index (κ2) is 56.7. The molecule has 0 saturated heterocycles. The van der Waals surface area contributed by atoms with Gasteiger partial charge in [0.15, 0.2) is 0 Å². The molecule has 0 aliphatic heterocycles. The fourth-order valence-electron chi connectivity index (χ4n) is 9.06. The summed E-state index contributed by atoms with van der Waals surface area (Å²) < 4.78 is 5.46. The van der Waals surface area contributed by atoms with E-state index in [9.17, 15) is 19.8 Å². The maximum absolute atomic E-state index is 12.5. The van der Waals surface area contributed by atoms with Crippen molar-refractivity contribution in [1.82, 2.24) is 5.32 Å². The van der Waals surface area contributed by atoms with Crippen molar-refractivity contribution in [2.24, 2.45) is 0 Å². The Kier molecular flexibility index (Phi) is 55.0. The molecule has 0 saturated carbocycles. The molecule has 1 amide bonds. The number of carbonyl (C=O) groups excluding carboxylic acids is 2. The third kappa shape index (κ3) is 53.3. The average molecular weight is 943 g/mol. The van der Waals surface area contributed by atoms with E-state index >= 15 is 0 Å². The Morgan fingerprint density at radius 1 is 0.418 bits per heavy atom. The summed E-state index contributed by atoms with van der Waals surface area (Å²) in [6.45, 7) is 4.85. The number of esters is 1. The molecule has 0 radical (unpaired) electrons. The van der Waals surface area contributed by atoms with Crippen molar-refractivity contribution in [3.05, 3.63) is 36.5 Å². The molecule has 2 unspecified atom stereocenters. The van der Waals surface area contributed by atoms with Crippen molar-refractivity contribution in [3.8, 4) is 0 Å². The summed E-state index contributed by atoms with van der Waals surface area (Å²) in [5, 5.41) is 23.2. The van der Waals surface area contributed by atoms with Gasteiger partial charge in [-0.1, -0.05) is 281 Å². The Morgan fingerprint density at radius 2 is 0.761 bits per heavy atom. The zero-order valence-electron chi connectivity index (χ0n) is 44.9. The van der Waals surface area contributed by atoms with Crippen molar-refractivity contribution >= 4 is 11.9 Å². The van der Waals surface area contributed by atoms with Gasteiger partial charge in [0.25, 0.3) is 0 Å². The van der Waals surface area contributed by atoms with Gasteiger partial charge in [0.2, 0.25) is 5.91 Å². The molecular formula is C61H115NO5. The number of carbonyl (C=O) groups is 2. The minimum absolute atomic E-state index is 0.0178. The number of rotatable bonds is 55. The Balaban J connectivity index is 3.48. The average Bonchev–Trinajstić information content (AvgIpc) is 3.33. The normalized spacial score (nSPS) is 12.8. The molecule has 0 aromatic rings. The van der Waals surface area contributed by atoms with E-state index in [4.69, 9.17) is 4.74 Å². The van der Waals surface area contributed by atoms with Gasteiger partial charge in [-0.2, -0.15) is 0 Å². The molecule has 2 atom stereocenters. The number of nitrogens with one attached hydrogen (secondary N) is 1. The van der Waals surface area contributed by atoms with Crippen molar-refractivity contribution in [2.75, 3.05) is 13.2 Å². The monoisotopic (exact) mass is 942 g/mol. The number of aliphatic hydroxyl groups excluding tert-OH is 2. The lowest BCUT2D eigenvalue weighted by atomic mass is 10.0. The third-order valence-corrected chi connectivity index (χ3v) is 13.7. The van der Waals surface area contributed by atoms with Gasteiger partial charge in [0.05, 0.1) is 25.4 Å². The molecule has 0 aromatic heterocycles. The molecule has 0 bridgehead atoms. The largest absolute Gasteiger partial charge is 0.466 e. The number of unbranched alkanes of at least 4 members (excludes halogenated alkanes) is 40. The van der Waals surface area contributed by atoms with Crippen molar-refractivity contribution in [3.63, 3.8) is 0 Å². The molecular weight excluding hydrogens is 827 g/mol. The lowest BCUT2D eigenvalue weighted by molar-refractivity contribution is -0.143. The summed E-state index contributed by atoms with van der Waals surface area (Å²) in [4.78, 5) is 24.5. The van der Waals surface area contributed by atoms with Crippen molar-refractivity contribution in [1.29, 1.82) is 0 Å². The summed E-state index contributed by atoms with van der Waals surface area (Å²) >= 11 is 0. The van der Waals surface area contributed by atoms with Crippen LogP contribution in [-0.4, -0.2) is 47.4 Å². The van der Waals surface area contributed by atoms with E-state index in [1.165, 1.54) is 225 Å². The van der Waals surface area contributed by atoms with Crippen LogP contribution >= 0.6 is 0 Å². The van der Waals surface area contributed by atoms with Crippen LogP contribution in [-0.2, 0) is 14.3 Å². The van der Waals surface area contributed by atoms with E-state index in [2.05, 4.69) is 43.5 Å². The summed E-state index contributed by atoms with van der Waals surface area (Å²) in [5.41, 5.74) is 0. The predicted molar refractivity (Wildman–Crippen MR) is 292 cm³/mol. The van der Waals surface area contributed by atoms with Gasteiger partial charge in [0.1, 0.15) is 0 Å². The van der Waals surface area contributed by atoms with E-state index in [1.807, 2.05) is 6.08 Å². The van der Waals surface area contributed by atoms with Crippen LogP contribution in [0.15, 0.2) is 36.5 Å². The van der Waals surface area contributed by atoms with Gasteiger partial charge in [-0.15, -0.1) is 0 Å². The maximum atomic E-state index is 12.5. The highest BCUT2D eigenvalue weighted by molar-refractivity contribution is 5.76. The molecule has 0 aliphatic rings. The standard InChI is InChI=1S/C61H115NO5/c1-3-5-7-9-11-13-15-17-19-20-21-22-23-24-25-26-29-33-37-41-45-49-53-59(64)58(57-63)62-60(65)54-50-46-42-38-34-30-27-28-32-36-40-44-48-52-56-67-61(66)55-51-47-43-39-35-31-18-16-14-12-10-8-6-4-2/h10,12,16,18,49,53,58-59,63-64H,3-9,11,13-15,17,19-48,50-52,54-57H2,1-2H3,(H,62,65)/b12-10-,18-16-,53-49+. The van der Waals surface area contributed by atoms with Gasteiger partial charge in [0, 0.05) is 12.8 Å². The lowest BCUT2D eigenvalue weighted by Gasteiger charge is -2.20. The molecule has 394 valence electrons. The highest BCUT2D eigenvalue weighted by atomic mass is 16.5. The molecule has 0 spiro atoms. The second-order valence-electron chi connectivity index (χ2n) is 20.3. The van der Waals surface area contributed by atoms with Crippen LogP contribution < -0.4 is 5.32 Å². The molecule has 0 fully saturated rings. The summed E-state index contributed by atoms with van der Waals surface area (Å²) in [6.07, 6.45) is 70.2. The third-order valence-electron chi connectivity index (χ3n) is 13.7. The number of allylic oxidation sites excluding steroid dienone is 5. The SMILES string of the molecule is CCCC/C=C\C/C=C\CCCCCCCC(=O)OCCCCCCCCCCCCCCCCC(=O)NC(CO)C(O)/C=C/CCCCCCCCCCCCCCCCCCCCCC. The van der Waals surface area contributed by atoms with Gasteiger partial charge >= 0.3 is 5.97 Å². The number of aliphatic hydroxyl groups is 2. The van der Waals surface area contributed by atoms with E-state index in [0.29, 0.717) is 19.4 Å². The summed E-state index contributed by atoms with van der Waals surface area (Å²) in [7, 11) is 0. The smallest absolute Gasteiger partial charge is 0.305 e. The summed E-state index contributed by atoms with van der Waals surface area (Å²) in [5.74, 6) is -0.0946. The quantitative estimate of drug-likeness (QED) is 0.0321. The molecule has 6 nitrogen and oxygen atoms in total. The minimum atomic E-state index is -0.853. The highest BCUT2D eigenvalue weighted by Gasteiger charge is 2.18. The van der Waals surface area contributed by atoms with E-state index < -0.39 is 12.1 Å². The summed E-state index contributed by atoms with van der Waals surface area (Å²) in [6, 6.07) is -0.638. The Hall–Kier alpha value is -1.92. The zero-order valence-corrected chi connectivity index (χ0v) is 44.9. The van der Waals surface area contributed by atoms with Crippen LogP contribution in [0.3, 0.4) is 0 Å². The second-order valence-corrected chi connectivity index (χ2v) is 20.3. The fraction of sp³-hybridized carbons (Fsp3) is 0.869. The molecule has 6 heteroatoms. The van der Waals surface area contributed by atoms with Crippen LogP contribution in [0.25, 0.3) is 0 Å². The van der Waals surface area contributed by atoms with Crippen LogP contribution in [0.1, 0.15) is 316 Å². The number of hydrogen-bond acceptors (Lipinski definition) is 5. The van der Waals surface area contributed by atoms with Crippen molar-refractivity contribution < 1.29 is 24.5 Å². The first kappa shape index (κ1) is 65.1. The van der Waals surface area contributed by atoms with E-state index in [1.54, 1.807) is 6.08 Å². The fourth-order valence-corrected chi connectivity index (χ4v) is 9.06. The van der Waals surface area contributed by atoms with Crippen LogP contribution in [0.4, 0.5) is 0 Å². The highest BCUT2D eigenvalue weighted by Crippen LogP contribution is 2.17. The van der Waals surface area contributed by atoms with E-state index in [0.717, 1.165) is 64.2 Å². The first-order chi connectivity index (χ1) is 33.0. The number of ether oxygens (including phenoxy) is 1. The maximum Gasteiger partial charge on any atom is 0.305 e. The molecule has 3 N–H and O–H groups in total. The van der Waals surface area contributed by atoms with Crippen molar-refractivity contribution in [2.45, 2.75) is 328 Å². The van der Waals surface area contributed by atoms with Gasteiger partial charge in [-0.25, -0.2) is 0 Å². The van der Waals surface area contributed by atoms with Gasteiger partial charge in [-0.3, -0.25) is 9.59 Å². The van der Waals surface area contributed by atoms with Crippen LogP contribution in [0, 0.1) is 0 Å². The molecule has 67 heavy (non-hydrogen) atoms. The van der Waals surface area contributed by atoms with Crippen LogP contribution in [0.2, 0.25) is 0 Å². The topological polar surface area (TPSA) is 95.9 Å². The number of amides is 1. The minimum Gasteiger partial charge on any atom is -0.466 e. The predicted octanol–water partition coefficient (Wildman–Crippen LogP) is 18.4. The first-order valence-corrected chi connectivity index (χ1v) is 29.8. The van der Waals surface area contributed by atoms with Gasteiger partial charge in [-0.05, 0) is 57.8 Å². The lowest BCUT2D eigenvalue weighted by Crippen LogP contribution is -2.45. The molecule has 0 aromatic carbocycles. The molecule has 0 aliphatic carbocycles. The molecule has 0 heterocycles. The Labute approximate surface area is 417 Å². The molecule has 0 rings (SSSR count). The number of hydrogen-bond donors (Lipinski definition) is 3. The van der Waals surface area contributed by atoms with Gasteiger partial charge < -0.3 is 20.3 Å². The first-order valence-electron chi connectivity index (χ1n) is 29.8. The van der Waals surface area contributed by atoms with Crippen LogP contribution in [0.5, 0.6) is 0 Å². The Bertz CT molecular complexity index is 1090.